The van der Waals surface area contributed by atoms with E-state index in [1.165, 1.54) is 0 Å². The van der Waals surface area contributed by atoms with E-state index >= 15 is 0 Å². The van der Waals surface area contributed by atoms with Crippen LogP contribution in [0, 0.1) is 12.8 Å². The fraction of sp³-hybridized carbons (Fsp3) is 0.625. The number of nitrogens with zero attached hydrogens (tertiary/aromatic N) is 5. The molecule has 1 atom stereocenters. The molecular formula is C16H24N6O2. The van der Waals surface area contributed by atoms with E-state index < -0.39 is 0 Å². The maximum absolute atomic E-state index is 12.5. The third-order valence-electron chi connectivity index (χ3n) is 3.99. The van der Waals surface area contributed by atoms with Crippen LogP contribution in [0.3, 0.4) is 0 Å². The lowest BCUT2D eigenvalue weighted by Gasteiger charge is -2.28. The summed E-state index contributed by atoms with van der Waals surface area (Å²) in [6.07, 6.45) is 0.764. The molecule has 8 nitrogen and oxygen atoms in total. The monoisotopic (exact) mass is 332 g/mol. The normalized spacial score (nSPS) is 15.5. The van der Waals surface area contributed by atoms with Crippen molar-refractivity contribution in [1.29, 1.82) is 0 Å². The number of aromatic nitrogens is 4. The molecule has 1 N–H and O–H groups in total. The van der Waals surface area contributed by atoms with E-state index in [-0.39, 0.29) is 12.1 Å². The maximum Gasteiger partial charge on any atom is 0.318 e. The van der Waals surface area contributed by atoms with Crippen molar-refractivity contribution < 1.29 is 9.32 Å². The van der Waals surface area contributed by atoms with Crippen molar-refractivity contribution in [2.45, 2.75) is 53.2 Å². The minimum atomic E-state index is -0.320. The van der Waals surface area contributed by atoms with Crippen LogP contribution in [0.5, 0.6) is 0 Å². The molecule has 24 heavy (non-hydrogen) atoms. The summed E-state index contributed by atoms with van der Waals surface area (Å²) < 4.78 is 7.22. The number of fused-ring (bicyclic) bond motifs is 1. The number of urea groups is 1. The van der Waals surface area contributed by atoms with E-state index in [0.717, 1.165) is 17.8 Å². The number of rotatable bonds is 4. The zero-order chi connectivity index (χ0) is 17.3. The smallest absolute Gasteiger partial charge is 0.318 e. The van der Waals surface area contributed by atoms with Gasteiger partial charge in [0.25, 0.3) is 0 Å². The minimum absolute atomic E-state index is 0.129. The molecule has 8 heteroatoms. The second-order valence-electron chi connectivity index (χ2n) is 6.74. The number of carbonyl (C=O) groups is 1. The molecule has 0 spiro atoms. The van der Waals surface area contributed by atoms with Crippen molar-refractivity contribution in [1.82, 2.24) is 30.1 Å². The van der Waals surface area contributed by atoms with E-state index in [4.69, 9.17) is 4.52 Å². The summed E-state index contributed by atoms with van der Waals surface area (Å²) in [4.78, 5) is 18.6. The Balaban J connectivity index is 1.59. The lowest BCUT2D eigenvalue weighted by molar-refractivity contribution is 0.175. The summed E-state index contributed by atoms with van der Waals surface area (Å²) in [6.45, 7) is 9.92. The van der Waals surface area contributed by atoms with Crippen molar-refractivity contribution in [2.24, 2.45) is 5.92 Å². The van der Waals surface area contributed by atoms with Crippen molar-refractivity contribution in [3.63, 3.8) is 0 Å². The number of carbonyl (C=O) groups excluding carboxylic acids is 1. The summed E-state index contributed by atoms with van der Waals surface area (Å²) in [5, 5.41) is 11.3. The van der Waals surface area contributed by atoms with Gasteiger partial charge < -0.3 is 14.7 Å². The van der Waals surface area contributed by atoms with Crippen LogP contribution < -0.4 is 5.32 Å². The SMILES string of the molecule is Cc1cc2n(n1)CCN(C(=O)NC(C)c1nc(CC(C)C)no1)C2. The molecule has 0 saturated carbocycles. The van der Waals surface area contributed by atoms with Gasteiger partial charge in [0.1, 0.15) is 6.04 Å². The number of amides is 2. The van der Waals surface area contributed by atoms with Gasteiger partial charge in [0, 0.05) is 13.0 Å². The Morgan fingerprint density at radius 1 is 1.38 bits per heavy atom. The molecule has 0 saturated heterocycles. The molecule has 0 fully saturated rings. The number of nitrogens with one attached hydrogen (secondary N) is 1. The van der Waals surface area contributed by atoms with Crippen LogP contribution in [-0.2, 0) is 19.5 Å². The molecule has 2 aromatic heterocycles. The van der Waals surface area contributed by atoms with Crippen molar-refractivity contribution in [3.8, 4) is 0 Å². The molecule has 130 valence electrons. The van der Waals surface area contributed by atoms with E-state index in [1.807, 2.05) is 24.6 Å². The average molecular weight is 332 g/mol. The van der Waals surface area contributed by atoms with E-state index in [9.17, 15) is 4.79 Å². The van der Waals surface area contributed by atoms with Gasteiger partial charge in [0.15, 0.2) is 5.82 Å². The first-order chi connectivity index (χ1) is 11.4. The third kappa shape index (κ3) is 3.58. The van der Waals surface area contributed by atoms with Gasteiger partial charge >= 0.3 is 6.03 Å². The summed E-state index contributed by atoms with van der Waals surface area (Å²) in [5.74, 6) is 1.58. The number of hydrogen-bond acceptors (Lipinski definition) is 5. The molecule has 0 radical (unpaired) electrons. The molecule has 3 rings (SSSR count). The van der Waals surface area contributed by atoms with Crippen molar-refractivity contribution >= 4 is 6.03 Å². The predicted molar refractivity (Wildman–Crippen MR) is 87.2 cm³/mol. The standard InChI is InChI=1S/C16H24N6O2/c1-10(2)7-14-18-15(24-20-14)12(4)17-16(23)21-5-6-22-13(9-21)8-11(3)19-22/h8,10,12H,5-7,9H2,1-4H3,(H,17,23). The summed E-state index contributed by atoms with van der Waals surface area (Å²) in [6, 6.07) is 1.56. The highest BCUT2D eigenvalue weighted by molar-refractivity contribution is 5.74. The summed E-state index contributed by atoms with van der Waals surface area (Å²) in [5.41, 5.74) is 2.03. The fourth-order valence-corrected chi connectivity index (χ4v) is 2.81. The van der Waals surface area contributed by atoms with Crippen LogP contribution in [-0.4, -0.2) is 37.4 Å². The molecule has 2 amide bonds. The topological polar surface area (TPSA) is 89.1 Å². The van der Waals surface area contributed by atoms with Crippen LogP contribution in [0.2, 0.25) is 0 Å². The zero-order valence-corrected chi connectivity index (χ0v) is 14.6. The Bertz CT molecular complexity index is 720. The molecule has 0 bridgehead atoms. The molecule has 0 aliphatic carbocycles. The van der Waals surface area contributed by atoms with Crippen LogP contribution in [0.25, 0.3) is 0 Å². The van der Waals surface area contributed by atoms with Gasteiger partial charge in [-0.1, -0.05) is 19.0 Å². The first-order valence-corrected chi connectivity index (χ1v) is 8.33. The molecule has 1 unspecified atom stereocenters. The Morgan fingerprint density at radius 2 is 2.17 bits per heavy atom. The summed E-state index contributed by atoms with van der Waals surface area (Å²) in [7, 11) is 0. The fourth-order valence-electron chi connectivity index (χ4n) is 2.81. The lowest BCUT2D eigenvalue weighted by atomic mass is 10.1. The van der Waals surface area contributed by atoms with E-state index in [0.29, 0.717) is 37.3 Å². The van der Waals surface area contributed by atoms with Gasteiger partial charge in [-0.15, -0.1) is 0 Å². The van der Waals surface area contributed by atoms with Gasteiger partial charge in [-0.25, -0.2) is 4.79 Å². The van der Waals surface area contributed by atoms with Gasteiger partial charge in [0.05, 0.1) is 24.5 Å². The molecular weight excluding hydrogens is 308 g/mol. The Labute approximate surface area is 141 Å². The largest absolute Gasteiger partial charge is 0.337 e. The molecule has 1 aliphatic rings. The Kier molecular flexibility index (Phi) is 4.55. The van der Waals surface area contributed by atoms with Gasteiger partial charge in [-0.05, 0) is 25.8 Å². The Morgan fingerprint density at radius 3 is 2.92 bits per heavy atom. The van der Waals surface area contributed by atoms with E-state index in [1.54, 1.807) is 4.90 Å². The molecule has 3 heterocycles. The number of aryl methyl sites for hydroxylation is 1. The minimum Gasteiger partial charge on any atom is -0.337 e. The highest BCUT2D eigenvalue weighted by Crippen LogP contribution is 2.16. The Hall–Kier alpha value is -2.38. The van der Waals surface area contributed by atoms with Crippen LogP contribution >= 0.6 is 0 Å². The first kappa shape index (κ1) is 16.5. The van der Waals surface area contributed by atoms with Crippen LogP contribution in [0.15, 0.2) is 10.6 Å². The van der Waals surface area contributed by atoms with Gasteiger partial charge in [-0.2, -0.15) is 10.1 Å². The second kappa shape index (κ2) is 6.62. The highest BCUT2D eigenvalue weighted by atomic mass is 16.5. The summed E-state index contributed by atoms with van der Waals surface area (Å²) >= 11 is 0. The van der Waals surface area contributed by atoms with Crippen LogP contribution in [0.1, 0.15) is 49.9 Å². The zero-order valence-electron chi connectivity index (χ0n) is 14.6. The maximum atomic E-state index is 12.5. The molecule has 1 aliphatic heterocycles. The molecule has 0 aromatic carbocycles. The van der Waals surface area contributed by atoms with Crippen molar-refractivity contribution in [3.05, 3.63) is 29.2 Å². The second-order valence-corrected chi connectivity index (χ2v) is 6.74. The average Bonchev–Trinajstić information content (AvgIpc) is 3.10. The predicted octanol–water partition coefficient (Wildman–Crippen LogP) is 2.06. The van der Waals surface area contributed by atoms with Gasteiger partial charge in [-0.3, -0.25) is 4.68 Å². The highest BCUT2D eigenvalue weighted by Gasteiger charge is 2.24. The van der Waals surface area contributed by atoms with Gasteiger partial charge in [0.2, 0.25) is 5.89 Å². The van der Waals surface area contributed by atoms with Crippen molar-refractivity contribution in [2.75, 3.05) is 6.54 Å². The van der Waals surface area contributed by atoms with Crippen LogP contribution in [0.4, 0.5) is 4.79 Å². The first-order valence-electron chi connectivity index (χ1n) is 8.33. The molecule has 2 aromatic rings. The quantitative estimate of drug-likeness (QED) is 0.925. The lowest BCUT2D eigenvalue weighted by Crippen LogP contribution is -2.45. The van der Waals surface area contributed by atoms with E-state index in [2.05, 4.69) is 34.4 Å². The third-order valence-corrected chi connectivity index (χ3v) is 3.99. The number of hydrogen-bond donors (Lipinski definition) is 1.